The molecular weight excluding hydrogens is 364 g/mol. The molecule has 154 valence electrons. The Labute approximate surface area is 172 Å². The highest BCUT2D eigenvalue weighted by Gasteiger charge is 2.35. The van der Waals surface area contributed by atoms with Gasteiger partial charge in [-0.15, -0.1) is 0 Å². The lowest BCUT2D eigenvalue weighted by Gasteiger charge is -2.34. The van der Waals surface area contributed by atoms with Crippen molar-refractivity contribution >= 4 is 11.9 Å². The molecule has 3 heterocycles. The van der Waals surface area contributed by atoms with Crippen LogP contribution in [0.25, 0.3) is 0 Å². The molecule has 6 nitrogen and oxygen atoms in total. The zero-order valence-corrected chi connectivity index (χ0v) is 17.3. The van der Waals surface area contributed by atoms with Gasteiger partial charge in [0.25, 0.3) is 0 Å². The average Bonchev–Trinajstić information content (AvgIpc) is 3.09. The zero-order chi connectivity index (χ0) is 20.2. The summed E-state index contributed by atoms with van der Waals surface area (Å²) in [6, 6.07) is 12.7. The predicted octanol–water partition coefficient (Wildman–Crippen LogP) is 3.71. The number of nitrogens with zero attached hydrogens (tertiary/aromatic N) is 4. The molecule has 2 saturated heterocycles. The third kappa shape index (κ3) is 4.75. The van der Waals surface area contributed by atoms with E-state index in [0.717, 1.165) is 31.6 Å². The van der Waals surface area contributed by atoms with Crippen LogP contribution in [0.1, 0.15) is 37.9 Å². The van der Waals surface area contributed by atoms with Gasteiger partial charge in [-0.3, -0.25) is 4.90 Å². The molecule has 1 amide bonds. The Balaban J connectivity index is 1.44. The monoisotopic (exact) mass is 394 g/mol. The van der Waals surface area contributed by atoms with E-state index in [4.69, 9.17) is 4.74 Å². The minimum Gasteiger partial charge on any atom is -0.447 e. The number of likely N-dealkylation sites (tertiary alicyclic amines) is 1. The molecule has 0 bridgehead atoms. The van der Waals surface area contributed by atoms with Crippen molar-refractivity contribution in [3.05, 3.63) is 54.0 Å². The number of cyclic esters (lactones) is 1. The summed E-state index contributed by atoms with van der Waals surface area (Å²) in [4.78, 5) is 25.5. The molecule has 0 radical (unpaired) electrons. The highest BCUT2D eigenvalue weighted by atomic mass is 16.6. The van der Waals surface area contributed by atoms with Crippen molar-refractivity contribution in [2.24, 2.45) is 5.92 Å². The minimum atomic E-state index is -0.319. The Kier molecular flexibility index (Phi) is 6.09. The molecule has 2 fully saturated rings. The number of hydrogen-bond donors (Lipinski definition) is 0. The third-order valence-corrected chi connectivity index (χ3v) is 6.11. The van der Waals surface area contributed by atoms with Crippen LogP contribution in [0.4, 0.5) is 10.6 Å². The quantitative estimate of drug-likeness (QED) is 0.748. The Morgan fingerprint density at radius 2 is 1.86 bits per heavy atom. The molecule has 1 aromatic carbocycles. The van der Waals surface area contributed by atoms with Crippen molar-refractivity contribution in [1.29, 1.82) is 0 Å². The van der Waals surface area contributed by atoms with Gasteiger partial charge in [0.2, 0.25) is 0 Å². The Bertz CT molecular complexity index is 819. The SMILES string of the molecule is CC(C)N1CCC(Cc2cc(N3C(=O)OC[C@H]3Cc3ccccc3)ncn2)CC1. The number of rotatable bonds is 6. The van der Waals surface area contributed by atoms with E-state index >= 15 is 0 Å². The van der Waals surface area contributed by atoms with E-state index in [9.17, 15) is 4.79 Å². The van der Waals surface area contributed by atoms with E-state index in [0.29, 0.717) is 24.4 Å². The summed E-state index contributed by atoms with van der Waals surface area (Å²) in [6.45, 7) is 7.21. The molecule has 2 aliphatic rings. The number of amides is 1. The Hall–Kier alpha value is -2.47. The standard InChI is InChI=1S/C23H30N4O2/c1-17(2)26-10-8-19(9-11-26)12-20-14-22(25-16-24-20)27-21(15-29-23(27)28)13-18-6-4-3-5-7-18/h3-7,14,16-17,19,21H,8-13,15H2,1-2H3/t21-/m1/s1. The molecule has 1 atom stereocenters. The summed E-state index contributed by atoms with van der Waals surface area (Å²) in [5.41, 5.74) is 2.20. The first kappa shape index (κ1) is 19.8. The van der Waals surface area contributed by atoms with Crippen LogP contribution in [-0.4, -0.2) is 52.7 Å². The van der Waals surface area contributed by atoms with Gasteiger partial charge in [0, 0.05) is 17.8 Å². The minimum absolute atomic E-state index is 0.0399. The number of benzene rings is 1. The van der Waals surface area contributed by atoms with Crippen molar-refractivity contribution < 1.29 is 9.53 Å². The maximum Gasteiger partial charge on any atom is 0.415 e. The summed E-state index contributed by atoms with van der Waals surface area (Å²) in [5, 5.41) is 0. The number of carbonyl (C=O) groups is 1. The van der Waals surface area contributed by atoms with E-state index in [1.807, 2.05) is 24.3 Å². The first-order chi connectivity index (χ1) is 14.1. The second-order valence-electron chi connectivity index (χ2n) is 8.44. The second-order valence-corrected chi connectivity index (χ2v) is 8.44. The van der Waals surface area contributed by atoms with Crippen LogP contribution in [0.3, 0.4) is 0 Å². The fraction of sp³-hybridized carbons (Fsp3) is 0.522. The molecule has 0 N–H and O–H groups in total. The predicted molar refractivity (Wildman–Crippen MR) is 113 cm³/mol. The lowest BCUT2D eigenvalue weighted by atomic mass is 9.91. The molecule has 0 aliphatic carbocycles. The third-order valence-electron chi connectivity index (χ3n) is 6.11. The first-order valence-electron chi connectivity index (χ1n) is 10.6. The van der Waals surface area contributed by atoms with Gasteiger partial charge >= 0.3 is 6.09 Å². The normalized spacial score (nSPS) is 21.0. The maximum absolute atomic E-state index is 12.4. The van der Waals surface area contributed by atoms with E-state index in [1.54, 1.807) is 11.2 Å². The van der Waals surface area contributed by atoms with Crippen LogP contribution < -0.4 is 4.90 Å². The molecule has 6 heteroatoms. The van der Waals surface area contributed by atoms with Crippen molar-refractivity contribution in [1.82, 2.24) is 14.9 Å². The molecule has 2 aliphatic heterocycles. The van der Waals surface area contributed by atoms with Gasteiger partial charge < -0.3 is 9.64 Å². The fourth-order valence-electron chi connectivity index (χ4n) is 4.38. The van der Waals surface area contributed by atoms with Crippen LogP contribution in [0, 0.1) is 5.92 Å². The van der Waals surface area contributed by atoms with Gasteiger partial charge in [-0.05, 0) is 64.1 Å². The van der Waals surface area contributed by atoms with E-state index < -0.39 is 0 Å². The first-order valence-corrected chi connectivity index (χ1v) is 10.6. The van der Waals surface area contributed by atoms with Gasteiger partial charge in [-0.25, -0.2) is 14.8 Å². The summed E-state index contributed by atoms with van der Waals surface area (Å²) >= 11 is 0. The summed E-state index contributed by atoms with van der Waals surface area (Å²) < 4.78 is 5.35. The number of anilines is 1. The number of carbonyl (C=O) groups excluding carboxylic acids is 1. The lowest BCUT2D eigenvalue weighted by Crippen LogP contribution is -2.39. The van der Waals surface area contributed by atoms with Gasteiger partial charge in [0.1, 0.15) is 18.8 Å². The number of aromatic nitrogens is 2. The number of ether oxygens (including phenoxy) is 1. The molecule has 1 aromatic heterocycles. The van der Waals surface area contributed by atoms with Crippen LogP contribution in [-0.2, 0) is 17.6 Å². The van der Waals surface area contributed by atoms with E-state index in [-0.39, 0.29) is 12.1 Å². The van der Waals surface area contributed by atoms with Crippen LogP contribution in [0.15, 0.2) is 42.7 Å². The molecule has 0 saturated carbocycles. The van der Waals surface area contributed by atoms with E-state index in [2.05, 4.69) is 40.8 Å². The molecule has 0 unspecified atom stereocenters. The van der Waals surface area contributed by atoms with Gasteiger partial charge in [-0.2, -0.15) is 0 Å². The molecule has 0 spiro atoms. The summed E-state index contributed by atoms with van der Waals surface area (Å²) in [5.74, 6) is 1.29. The van der Waals surface area contributed by atoms with Gasteiger partial charge in [0.15, 0.2) is 0 Å². The second kappa shape index (κ2) is 8.91. The molecule has 2 aromatic rings. The summed E-state index contributed by atoms with van der Waals surface area (Å²) in [7, 11) is 0. The fourth-order valence-corrected chi connectivity index (χ4v) is 4.38. The maximum atomic E-state index is 12.4. The van der Waals surface area contributed by atoms with Gasteiger partial charge in [0.05, 0.1) is 6.04 Å². The largest absolute Gasteiger partial charge is 0.447 e. The zero-order valence-electron chi connectivity index (χ0n) is 17.3. The van der Waals surface area contributed by atoms with Gasteiger partial charge in [-0.1, -0.05) is 30.3 Å². The molecule has 4 rings (SSSR count). The van der Waals surface area contributed by atoms with Crippen LogP contribution in [0.5, 0.6) is 0 Å². The van der Waals surface area contributed by atoms with Crippen molar-refractivity contribution in [2.45, 2.75) is 51.6 Å². The van der Waals surface area contributed by atoms with Crippen LogP contribution >= 0.6 is 0 Å². The lowest BCUT2D eigenvalue weighted by molar-refractivity contribution is 0.149. The number of hydrogen-bond acceptors (Lipinski definition) is 5. The Morgan fingerprint density at radius 3 is 2.59 bits per heavy atom. The summed E-state index contributed by atoms with van der Waals surface area (Å²) in [6.07, 6.45) is 5.34. The smallest absolute Gasteiger partial charge is 0.415 e. The molecular formula is C23H30N4O2. The number of piperidine rings is 1. The highest BCUT2D eigenvalue weighted by molar-refractivity contribution is 5.89. The Morgan fingerprint density at radius 1 is 1.10 bits per heavy atom. The van der Waals surface area contributed by atoms with Crippen molar-refractivity contribution in [3.63, 3.8) is 0 Å². The van der Waals surface area contributed by atoms with E-state index in [1.165, 1.54) is 18.4 Å². The van der Waals surface area contributed by atoms with Crippen LogP contribution in [0.2, 0.25) is 0 Å². The van der Waals surface area contributed by atoms with Crippen molar-refractivity contribution in [3.8, 4) is 0 Å². The van der Waals surface area contributed by atoms with Crippen molar-refractivity contribution in [2.75, 3.05) is 24.6 Å². The topological polar surface area (TPSA) is 58.6 Å². The molecule has 29 heavy (non-hydrogen) atoms. The average molecular weight is 395 g/mol. The highest BCUT2D eigenvalue weighted by Crippen LogP contribution is 2.26.